The lowest BCUT2D eigenvalue weighted by Gasteiger charge is -2.44. The largest absolute Gasteiger partial charge is 0.685 e. The van der Waals surface area contributed by atoms with E-state index in [2.05, 4.69) is 60.8 Å². The van der Waals surface area contributed by atoms with E-state index >= 15 is 0 Å². The smallest absolute Gasteiger partial charge is 0.618 e. The van der Waals surface area contributed by atoms with Gasteiger partial charge in [-0.2, -0.15) is 0 Å². The third-order valence-electron chi connectivity index (χ3n) is 6.30. The SMILES string of the molecule is COc1ccc([B-]23Oc4ccc(C)cc4-c4cccc([n+]42)-c2cc(C)ccc2O3)cc1.ClC(Cl)Cl. The van der Waals surface area contributed by atoms with Crippen LogP contribution >= 0.6 is 34.8 Å². The maximum atomic E-state index is 6.79. The minimum atomic E-state index is -2.04. The summed E-state index contributed by atoms with van der Waals surface area (Å²) in [6, 6.07) is 27.0. The monoisotopic (exact) mass is 525 g/mol. The Morgan fingerprint density at radius 3 is 1.69 bits per heavy atom. The number of alkyl halides is 3. The van der Waals surface area contributed by atoms with Gasteiger partial charge in [0.25, 0.3) is 0 Å². The molecule has 0 radical (unpaired) electrons. The summed E-state index contributed by atoms with van der Waals surface area (Å²) in [6.45, 7) is 2.17. The van der Waals surface area contributed by atoms with Crippen molar-refractivity contribution < 1.29 is 18.5 Å². The second-order valence-corrected chi connectivity index (χ2v) is 10.6. The van der Waals surface area contributed by atoms with Crippen molar-refractivity contribution in [3.05, 3.63) is 90.0 Å². The van der Waals surface area contributed by atoms with E-state index in [9.17, 15) is 0 Å². The van der Waals surface area contributed by atoms with E-state index in [1.165, 1.54) is 11.1 Å². The normalized spacial score (nSPS) is 13.8. The van der Waals surface area contributed by atoms with Crippen LogP contribution in [0, 0.1) is 13.8 Å². The number of ether oxygens (including phenoxy) is 1. The molecule has 8 heteroatoms. The topological polar surface area (TPSA) is 31.6 Å². The molecule has 0 saturated carbocycles. The van der Waals surface area contributed by atoms with Crippen molar-refractivity contribution in [3.8, 4) is 39.8 Å². The number of pyridine rings is 1. The van der Waals surface area contributed by atoms with Gasteiger partial charge in [-0.05, 0) is 61.8 Å². The van der Waals surface area contributed by atoms with Crippen LogP contribution in [-0.2, 0) is 0 Å². The molecule has 1 aromatic heterocycles. The number of halogens is 3. The molecule has 0 aliphatic carbocycles. The number of methoxy groups -OCH3 is 1. The highest BCUT2D eigenvalue weighted by Gasteiger charge is 2.56. The summed E-state index contributed by atoms with van der Waals surface area (Å²) < 4.78 is 20.5. The Balaban J connectivity index is 0.000000591. The van der Waals surface area contributed by atoms with Crippen LogP contribution in [0.1, 0.15) is 11.1 Å². The molecule has 0 spiro atoms. The number of aryl methyl sites for hydroxylation is 2. The predicted octanol–water partition coefficient (Wildman–Crippen LogP) is 6.40. The summed E-state index contributed by atoms with van der Waals surface area (Å²) in [4.78, 5) is 0. The number of hydrogen-bond donors (Lipinski definition) is 0. The molecule has 178 valence electrons. The Hall–Kier alpha value is -2.86. The van der Waals surface area contributed by atoms with Crippen LogP contribution in [0.15, 0.2) is 78.9 Å². The molecular formula is C27H23BCl3NO3. The molecule has 2 aliphatic rings. The van der Waals surface area contributed by atoms with Gasteiger partial charge in [0.05, 0.1) is 29.7 Å². The maximum absolute atomic E-state index is 6.79. The van der Waals surface area contributed by atoms with Crippen LogP contribution in [0.25, 0.3) is 22.5 Å². The van der Waals surface area contributed by atoms with Crippen LogP contribution in [0.2, 0.25) is 0 Å². The Kier molecular flexibility index (Phi) is 6.35. The number of benzene rings is 3. The first kappa shape index (κ1) is 23.9. The fourth-order valence-electron chi connectivity index (χ4n) is 4.83. The molecule has 0 bridgehead atoms. The highest BCUT2D eigenvalue weighted by atomic mass is 35.6. The Labute approximate surface area is 219 Å². The van der Waals surface area contributed by atoms with E-state index in [0.717, 1.165) is 45.2 Å². The average molecular weight is 527 g/mol. The van der Waals surface area contributed by atoms with E-state index in [4.69, 9.17) is 48.8 Å². The number of fused-ring (bicyclic) bond motifs is 4. The number of rotatable bonds is 2. The van der Waals surface area contributed by atoms with Gasteiger partial charge in [0.2, 0.25) is 0 Å². The summed E-state index contributed by atoms with van der Waals surface area (Å²) in [5.74, 6) is 2.45. The van der Waals surface area contributed by atoms with Crippen LogP contribution in [0.4, 0.5) is 0 Å². The quantitative estimate of drug-likeness (QED) is 0.224. The molecule has 3 aromatic carbocycles. The zero-order valence-electron chi connectivity index (χ0n) is 19.5. The molecule has 2 aliphatic heterocycles. The molecule has 3 heterocycles. The van der Waals surface area contributed by atoms with E-state index in [1.54, 1.807) is 7.11 Å². The Bertz CT molecular complexity index is 1330. The third-order valence-corrected chi connectivity index (χ3v) is 6.30. The number of aromatic nitrogens is 1. The number of hydrogen-bond acceptors (Lipinski definition) is 3. The molecule has 0 fully saturated rings. The molecule has 4 nitrogen and oxygen atoms in total. The molecular weight excluding hydrogens is 503 g/mol. The van der Waals surface area contributed by atoms with Crippen LogP contribution in [0.3, 0.4) is 0 Å². The second-order valence-electron chi connectivity index (χ2n) is 8.59. The van der Waals surface area contributed by atoms with Crippen molar-refractivity contribution in [2.24, 2.45) is 0 Å². The summed E-state index contributed by atoms with van der Waals surface area (Å²) in [5.41, 5.74) is 7.67. The lowest BCUT2D eigenvalue weighted by Crippen LogP contribution is -2.83. The molecule has 6 rings (SSSR count). The van der Waals surface area contributed by atoms with Crippen LogP contribution in [-0.4, -0.2) is 18.1 Å². The lowest BCUT2D eigenvalue weighted by molar-refractivity contribution is -0.548. The first-order valence-corrected chi connectivity index (χ1v) is 12.5. The minimum Gasteiger partial charge on any atom is -0.618 e. The van der Waals surface area contributed by atoms with Gasteiger partial charge in [-0.25, -0.2) is 0 Å². The van der Waals surface area contributed by atoms with Gasteiger partial charge < -0.3 is 18.5 Å². The highest BCUT2D eigenvalue weighted by molar-refractivity contribution is 6.75. The van der Waals surface area contributed by atoms with Gasteiger partial charge in [0.1, 0.15) is 5.75 Å². The van der Waals surface area contributed by atoms with Gasteiger partial charge in [0, 0.05) is 12.1 Å². The Morgan fingerprint density at radius 2 is 1.23 bits per heavy atom. The van der Waals surface area contributed by atoms with Gasteiger partial charge in [-0.15, -0.1) is 0 Å². The standard InChI is InChI=1S/C26H22BNO3.CHCl3/c1-17-7-13-25-21(15-17)23-5-4-6-24-22-16-18(2)8-14-26(22)31-27(30-25,28(23)24)19-9-11-20(29-3)12-10-19;2-1(3)4/h4-16H,1-3H3;1H. The predicted molar refractivity (Wildman–Crippen MR) is 143 cm³/mol. The van der Waals surface area contributed by atoms with Gasteiger partial charge in [-0.1, -0.05) is 70.2 Å². The Morgan fingerprint density at radius 1 is 0.743 bits per heavy atom. The van der Waals surface area contributed by atoms with Crippen LogP contribution < -0.4 is 24.0 Å². The molecule has 0 amide bonds. The average Bonchev–Trinajstić information content (AvgIpc) is 2.85. The van der Waals surface area contributed by atoms with Crippen molar-refractivity contribution in [3.63, 3.8) is 0 Å². The fourth-order valence-corrected chi connectivity index (χ4v) is 4.83. The van der Waals surface area contributed by atoms with Crippen LogP contribution in [0.5, 0.6) is 17.2 Å². The van der Waals surface area contributed by atoms with E-state index in [0.29, 0.717) is 0 Å². The van der Waals surface area contributed by atoms with Gasteiger partial charge in [-0.3, -0.25) is 0 Å². The fraction of sp³-hybridized carbons (Fsp3) is 0.148. The molecule has 0 saturated heterocycles. The molecule has 0 unspecified atom stereocenters. The van der Waals surface area contributed by atoms with Crippen molar-refractivity contribution >= 4 is 47.0 Å². The first-order chi connectivity index (χ1) is 16.8. The molecule has 35 heavy (non-hydrogen) atoms. The molecule has 0 N–H and O–H groups in total. The summed E-state index contributed by atoms with van der Waals surface area (Å²) >= 11 is 14.4. The van der Waals surface area contributed by atoms with Crippen molar-refractivity contribution in [2.75, 3.05) is 7.11 Å². The van der Waals surface area contributed by atoms with Crippen molar-refractivity contribution in [1.29, 1.82) is 0 Å². The zero-order valence-corrected chi connectivity index (χ0v) is 21.7. The highest BCUT2D eigenvalue weighted by Crippen LogP contribution is 2.41. The van der Waals surface area contributed by atoms with E-state index in [1.807, 2.05) is 36.4 Å². The zero-order chi connectivity index (χ0) is 24.7. The molecule has 4 aromatic rings. The van der Waals surface area contributed by atoms with Gasteiger partial charge in [0.15, 0.2) is 15.7 Å². The maximum Gasteiger partial charge on any atom is 0.685 e. The molecule has 0 atom stereocenters. The van der Waals surface area contributed by atoms with E-state index in [-0.39, 0.29) is 0 Å². The second kappa shape index (κ2) is 9.31. The van der Waals surface area contributed by atoms with E-state index < -0.39 is 11.0 Å². The summed E-state index contributed by atoms with van der Waals surface area (Å²) in [6.07, 6.45) is 0. The summed E-state index contributed by atoms with van der Waals surface area (Å²) in [5, 5.41) is 0. The first-order valence-electron chi connectivity index (χ1n) is 11.2. The van der Waals surface area contributed by atoms with Gasteiger partial charge >= 0.3 is 6.69 Å². The minimum absolute atomic E-state index is 0.750. The van der Waals surface area contributed by atoms with Crippen molar-refractivity contribution in [2.45, 2.75) is 18.1 Å². The lowest BCUT2D eigenvalue weighted by atomic mass is 9.59. The third kappa shape index (κ3) is 4.22. The number of nitrogens with zero attached hydrogens (tertiary/aromatic N) is 1. The van der Waals surface area contributed by atoms with Crippen molar-refractivity contribution in [1.82, 2.24) is 0 Å². The summed E-state index contributed by atoms with van der Waals surface area (Å²) in [7, 11) is 1.67.